The Labute approximate surface area is 117 Å². The summed E-state index contributed by atoms with van der Waals surface area (Å²) in [7, 11) is 1.44. The minimum atomic E-state index is -0.248. The molecule has 1 atom stereocenters. The summed E-state index contributed by atoms with van der Waals surface area (Å²) in [6.07, 6.45) is 6.45. The zero-order valence-corrected chi connectivity index (χ0v) is 11.7. The van der Waals surface area contributed by atoms with Gasteiger partial charge in [-0.25, -0.2) is 14.3 Å². The van der Waals surface area contributed by atoms with Crippen molar-refractivity contribution in [1.82, 2.24) is 14.6 Å². The molecule has 1 aliphatic heterocycles. The molecule has 2 aromatic heterocycles. The maximum Gasteiger partial charge on any atom is 0.328 e. The third-order valence-corrected chi connectivity index (χ3v) is 3.74. The maximum atomic E-state index is 12.0. The number of methoxy groups -OCH3 is 1. The lowest BCUT2D eigenvalue weighted by Gasteiger charge is -2.34. The molecule has 0 radical (unpaired) electrons. The Morgan fingerprint density at radius 1 is 1.45 bits per heavy atom. The van der Waals surface area contributed by atoms with Crippen LogP contribution in [0.1, 0.15) is 25.0 Å². The van der Waals surface area contributed by atoms with Gasteiger partial charge in [-0.15, -0.1) is 0 Å². The monoisotopic (exact) mass is 274 g/mol. The van der Waals surface area contributed by atoms with Gasteiger partial charge >= 0.3 is 5.97 Å². The number of aryl methyl sites for hydroxylation is 1. The van der Waals surface area contributed by atoms with Crippen LogP contribution in [0.25, 0.3) is 5.52 Å². The molecule has 0 N–H and O–H groups in total. The number of anilines is 1. The van der Waals surface area contributed by atoms with Crippen molar-refractivity contribution in [1.29, 1.82) is 0 Å². The summed E-state index contributed by atoms with van der Waals surface area (Å²) >= 11 is 0. The second kappa shape index (κ2) is 5.11. The van der Waals surface area contributed by atoms with Gasteiger partial charge in [-0.2, -0.15) is 5.10 Å². The van der Waals surface area contributed by atoms with Crippen LogP contribution in [0.2, 0.25) is 0 Å². The van der Waals surface area contributed by atoms with E-state index in [1.807, 2.05) is 24.1 Å². The van der Waals surface area contributed by atoms with Crippen molar-refractivity contribution in [3.8, 4) is 0 Å². The standard InChI is InChI=1S/C14H18N4O2/c1-10-9-12-13(15-6-8-18(12)16-10)17-7-4-3-5-11(17)14(19)20-2/h6,8-9,11H,3-5,7H2,1-2H3. The highest BCUT2D eigenvalue weighted by molar-refractivity contribution is 5.82. The average Bonchev–Trinajstić information content (AvgIpc) is 2.86. The fourth-order valence-electron chi connectivity index (χ4n) is 2.82. The number of aromatic nitrogens is 3. The summed E-state index contributed by atoms with van der Waals surface area (Å²) in [5, 5.41) is 4.39. The van der Waals surface area contributed by atoms with Crippen molar-refractivity contribution in [3.63, 3.8) is 0 Å². The Morgan fingerprint density at radius 3 is 3.10 bits per heavy atom. The van der Waals surface area contributed by atoms with Crippen molar-refractivity contribution < 1.29 is 9.53 Å². The molecule has 2 aromatic rings. The topological polar surface area (TPSA) is 59.7 Å². The van der Waals surface area contributed by atoms with E-state index in [1.54, 1.807) is 10.7 Å². The highest BCUT2D eigenvalue weighted by Crippen LogP contribution is 2.27. The molecule has 6 nitrogen and oxygen atoms in total. The lowest BCUT2D eigenvalue weighted by atomic mass is 10.0. The number of fused-ring (bicyclic) bond motifs is 1. The van der Waals surface area contributed by atoms with Crippen LogP contribution in [0.3, 0.4) is 0 Å². The van der Waals surface area contributed by atoms with Crippen molar-refractivity contribution in [3.05, 3.63) is 24.2 Å². The fraction of sp³-hybridized carbons (Fsp3) is 0.500. The summed E-state index contributed by atoms with van der Waals surface area (Å²) in [6.45, 7) is 2.77. The van der Waals surface area contributed by atoms with E-state index in [9.17, 15) is 4.79 Å². The molecule has 3 rings (SSSR count). The van der Waals surface area contributed by atoms with E-state index in [1.165, 1.54) is 7.11 Å². The van der Waals surface area contributed by atoms with Crippen molar-refractivity contribution in [2.24, 2.45) is 0 Å². The molecular formula is C14H18N4O2. The first kappa shape index (κ1) is 12.9. The zero-order valence-electron chi connectivity index (χ0n) is 11.7. The molecule has 0 amide bonds. The summed E-state index contributed by atoms with van der Waals surface area (Å²) in [4.78, 5) is 18.5. The molecule has 0 aromatic carbocycles. The van der Waals surface area contributed by atoms with E-state index in [2.05, 4.69) is 10.1 Å². The van der Waals surface area contributed by atoms with Gasteiger partial charge in [-0.1, -0.05) is 0 Å². The average molecular weight is 274 g/mol. The molecule has 0 aliphatic carbocycles. The highest BCUT2D eigenvalue weighted by atomic mass is 16.5. The Kier molecular flexibility index (Phi) is 3.30. The van der Waals surface area contributed by atoms with E-state index in [-0.39, 0.29) is 12.0 Å². The predicted molar refractivity (Wildman–Crippen MR) is 74.7 cm³/mol. The van der Waals surface area contributed by atoms with Crippen LogP contribution >= 0.6 is 0 Å². The third kappa shape index (κ3) is 2.11. The quantitative estimate of drug-likeness (QED) is 0.778. The summed E-state index contributed by atoms with van der Waals surface area (Å²) in [6, 6.07) is 1.74. The molecule has 1 unspecified atom stereocenters. The Hall–Kier alpha value is -2.11. The van der Waals surface area contributed by atoms with E-state index >= 15 is 0 Å². The molecule has 1 saturated heterocycles. The molecule has 20 heavy (non-hydrogen) atoms. The number of piperidine rings is 1. The van der Waals surface area contributed by atoms with Crippen LogP contribution in [0.4, 0.5) is 5.82 Å². The highest BCUT2D eigenvalue weighted by Gasteiger charge is 2.31. The Bertz CT molecular complexity index is 637. The minimum Gasteiger partial charge on any atom is -0.467 e. The van der Waals surface area contributed by atoms with Crippen molar-refractivity contribution in [2.75, 3.05) is 18.6 Å². The lowest BCUT2D eigenvalue weighted by Crippen LogP contribution is -2.46. The van der Waals surface area contributed by atoms with Crippen LogP contribution in [0.5, 0.6) is 0 Å². The van der Waals surface area contributed by atoms with Crippen LogP contribution < -0.4 is 4.90 Å². The van der Waals surface area contributed by atoms with Gasteiger partial charge in [0, 0.05) is 18.9 Å². The van der Waals surface area contributed by atoms with Crippen LogP contribution in [0, 0.1) is 6.92 Å². The zero-order chi connectivity index (χ0) is 14.1. The van der Waals surface area contributed by atoms with Gasteiger partial charge in [0.05, 0.1) is 12.8 Å². The predicted octanol–water partition coefficient (Wildman–Crippen LogP) is 1.57. The number of ether oxygens (including phenoxy) is 1. The molecule has 1 aliphatic rings. The van der Waals surface area contributed by atoms with E-state index in [0.717, 1.165) is 42.8 Å². The molecule has 0 saturated carbocycles. The van der Waals surface area contributed by atoms with Gasteiger partial charge < -0.3 is 9.64 Å². The summed E-state index contributed by atoms with van der Waals surface area (Å²) in [5.74, 6) is 0.618. The summed E-state index contributed by atoms with van der Waals surface area (Å²) in [5.41, 5.74) is 1.87. The smallest absolute Gasteiger partial charge is 0.328 e. The molecule has 0 bridgehead atoms. The third-order valence-electron chi connectivity index (χ3n) is 3.74. The number of esters is 1. The van der Waals surface area contributed by atoms with Crippen LogP contribution in [-0.4, -0.2) is 40.3 Å². The number of rotatable bonds is 2. The first-order valence-corrected chi connectivity index (χ1v) is 6.86. The van der Waals surface area contributed by atoms with Gasteiger partial charge in [0.1, 0.15) is 11.6 Å². The molecule has 1 fully saturated rings. The minimum absolute atomic E-state index is 0.190. The molecule has 106 valence electrons. The van der Waals surface area contributed by atoms with Crippen molar-refractivity contribution >= 4 is 17.3 Å². The second-order valence-corrected chi connectivity index (χ2v) is 5.09. The van der Waals surface area contributed by atoms with Gasteiger partial charge in [0.25, 0.3) is 0 Å². The second-order valence-electron chi connectivity index (χ2n) is 5.09. The normalized spacial score (nSPS) is 19.3. The molecule has 3 heterocycles. The van der Waals surface area contributed by atoms with Gasteiger partial charge in [0.15, 0.2) is 5.82 Å². The van der Waals surface area contributed by atoms with E-state index < -0.39 is 0 Å². The number of carbonyl (C=O) groups excluding carboxylic acids is 1. The number of nitrogens with zero attached hydrogens (tertiary/aromatic N) is 4. The summed E-state index contributed by atoms with van der Waals surface area (Å²) < 4.78 is 6.73. The fourth-order valence-corrected chi connectivity index (χ4v) is 2.82. The van der Waals surface area contributed by atoms with E-state index in [0.29, 0.717) is 0 Å². The number of hydrogen-bond donors (Lipinski definition) is 0. The van der Waals surface area contributed by atoms with Gasteiger partial charge in [0.2, 0.25) is 0 Å². The molecular weight excluding hydrogens is 256 g/mol. The Balaban J connectivity index is 2.05. The number of hydrogen-bond acceptors (Lipinski definition) is 5. The lowest BCUT2D eigenvalue weighted by molar-refractivity contribution is -0.142. The molecule has 0 spiro atoms. The van der Waals surface area contributed by atoms with Crippen molar-refractivity contribution in [2.45, 2.75) is 32.2 Å². The van der Waals surface area contributed by atoms with Gasteiger partial charge in [-0.3, -0.25) is 0 Å². The Morgan fingerprint density at radius 2 is 2.30 bits per heavy atom. The van der Waals surface area contributed by atoms with Gasteiger partial charge in [-0.05, 0) is 32.3 Å². The maximum absolute atomic E-state index is 12.0. The number of carbonyl (C=O) groups is 1. The first-order valence-electron chi connectivity index (χ1n) is 6.86. The SMILES string of the molecule is COC(=O)C1CCCCN1c1nccn2nc(C)cc12. The van der Waals surface area contributed by atoms with E-state index in [4.69, 9.17) is 4.74 Å². The van der Waals surface area contributed by atoms with Crippen LogP contribution in [-0.2, 0) is 9.53 Å². The van der Waals surface area contributed by atoms with Crippen LogP contribution in [0.15, 0.2) is 18.5 Å². The molecule has 6 heteroatoms. The first-order chi connectivity index (χ1) is 9.70. The largest absolute Gasteiger partial charge is 0.467 e.